The number of sulfonamides is 1. The van der Waals surface area contributed by atoms with Gasteiger partial charge in [-0.3, -0.25) is 0 Å². The first-order chi connectivity index (χ1) is 8.62. The SMILES string of the molecule is CC(C)CC(CN(C)C)NS(=O)(=O)CCNC(C)C. The van der Waals surface area contributed by atoms with E-state index in [0.29, 0.717) is 18.5 Å². The minimum absolute atomic E-state index is 0.0148. The average molecular weight is 293 g/mol. The first kappa shape index (κ1) is 18.8. The van der Waals surface area contributed by atoms with Gasteiger partial charge in [-0.25, -0.2) is 13.1 Å². The molecule has 0 aliphatic rings. The van der Waals surface area contributed by atoms with Crippen molar-refractivity contribution in [2.75, 3.05) is 32.9 Å². The summed E-state index contributed by atoms with van der Waals surface area (Å²) in [6.07, 6.45) is 0.856. The molecule has 1 unspecified atom stereocenters. The van der Waals surface area contributed by atoms with Gasteiger partial charge in [-0.2, -0.15) is 0 Å². The number of nitrogens with one attached hydrogen (secondary N) is 2. The van der Waals surface area contributed by atoms with Crippen LogP contribution in [0.2, 0.25) is 0 Å². The first-order valence-corrected chi connectivity index (χ1v) is 8.65. The van der Waals surface area contributed by atoms with Crippen LogP contribution in [0.1, 0.15) is 34.1 Å². The van der Waals surface area contributed by atoms with Crippen molar-refractivity contribution in [3.8, 4) is 0 Å². The van der Waals surface area contributed by atoms with Crippen molar-refractivity contribution in [2.24, 2.45) is 5.92 Å². The molecular weight excluding hydrogens is 262 g/mol. The molecule has 6 heteroatoms. The van der Waals surface area contributed by atoms with E-state index < -0.39 is 10.0 Å². The van der Waals surface area contributed by atoms with Crippen LogP contribution in [-0.4, -0.2) is 58.3 Å². The summed E-state index contributed by atoms with van der Waals surface area (Å²) in [6.45, 7) is 9.45. The molecule has 0 spiro atoms. The summed E-state index contributed by atoms with van der Waals surface area (Å²) in [6, 6.07) is 0.294. The highest BCUT2D eigenvalue weighted by atomic mass is 32.2. The zero-order valence-electron chi connectivity index (χ0n) is 13.2. The quantitative estimate of drug-likeness (QED) is 0.628. The van der Waals surface area contributed by atoms with Crippen LogP contribution >= 0.6 is 0 Å². The van der Waals surface area contributed by atoms with Crippen LogP contribution in [0.4, 0.5) is 0 Å². The van der Waals surface area contributed by atoms with Gasteiger partial charge in [-0.05, 0) is 26.4 Å². The smallest absolute Gasteiger partial charge is 0.213 e. The lowest BCUT2D eigenvalue weighted by molar-refractivity contribution is 0.329. The molecule has 0 heterocycles. The Morgan fingerprint density at radius 2 is 1.68 bits per heavy atom. The molecule has 0 aromatic carbocycles. The number of hydrogen-bond acceptors (Lipinski definition) is 4. The molecule has 0 amide bonds. The largest absolute Gasteiger partial charge is 0.313 e. The van der Waals surface area contributed by atoms with Gasteiger partial charge in [0.15, 0.2) is 0 Å². The monoisotopic (exact) mass is 293 g/mol. The molecule has 0 bridgehead atoms. The van der Waals surface area contributed by atoms with Gasteiger partial charge in [0.05, 0.1) is 5.75 Å². The second kappa shape index (κ2) is 8.89. The van der Waals surface area contributed by atoms with Crippen LogP contribution in [0.25, 0.3) is 0 Å². The molecule has 0 saturated heterocycles. The predicted molar refractivity (Wildman–Crippen MR) is 81.9 cm³/mol. The molecule has 0 aliphatic carbocycles. The van der Waals surface area contributed by atoms with Gasteiger partial charge in [0.1, 0.15) is 0 Å². The van der Waals surface area contributed by atoms with E-state index in [1.165, 1.54) is 0 Å². The van der Waals surface area contributed by atoms with Gasteiger partial charge in [-0.1, -0.05) is 27.7 Å². The van der Waals surface area contributed by atoms with Gasteiger partial charge in [0, 0.05) is 25.2 Å². The van der Waals surface area contributed by atoms with Gasteiger partial charge in [0.25, 0.3) is 0 Å². The third-order valence-electron chi connectivity index (χ3n) is 2.61. The van der Waals surface area contributed by atoms with Gasteiger partial charge < -0.3 is 10.2 Å². The maximum absolute atomic E-state index is 12.0. The zero-order chi connectivity index (χ0) is 15.1. The molecule has 0 rings (SSSR count). The third-order valence-corrected chi connectivity index (χ3v) is 4.05. The van der Waals surface area contributed by atoms with Crippen molar-refractivity contribution in [3.63, 3.8) is 0 Å². The fourth-order valence-corrected chi connectivity index (χ4v) is 3.15. The van der Waals surface area contributed by atoms with Crippen molar-refractivity contribution in [2.45, 2.75) is 46.2 Å². The molecule has 0 fully saturated rings. The number of likely N-dealkylation sites (N-methyl/N-ethyl adjacent to an activating group) is 1. The van der Waals surface area contributed by atoms with E-state index in [1.807, 2.05) is 32.8 Å². The van der Waals surface area contributed by atoms with Crippen LogP contribution < -0.4 is 10.0 Å². The Labute approximate surface area is 119 Å². The number of hydrogen-bond donors (Lipinski definition) is 2. The highest BCUT2D eigenvalue weighted by molar-refractivity contribution is 7.89. The van der Waals surface area contributed by atoms with Crippen molar-refractivity contribution >= 4 is 10.0 Å². The minimum Gasteiger partial charge on any atom is -0.313 e. The molecule has 0 aliphatic heterocycles. The lowest BCUT2D eigenvalue weighted by atomic mass is 10.0. The molecular formula is C13H31N3O2S. The van der Waals surface area contributed by atoms with Crippen LogP contribution in [-0.2, 0) is 10.0 Å². The molecule has 2 N–H and O–H groups in total. The summed E-state index contributed by atoms with van der Waals surface area (Å²) >= 11 is 0. The molecule has 0 aromatic rings. The minimum atomic E-state index is -3.21. The van der Waals surface area contributed by atoms with Crippen molar-refractivity contribution in [1.29, 1.82) is 0 Å². The summed E-state index contributed by atoms with van der Waals surface area (Å²) in [4.78, 5) is 2.02. The summed E-state index contributed by atoms with van der Waals surface area (Å²) in [5.74, 6) is 0.606. The first-order valence-electron chi connectivity index (χ1n) is 7.00. The second-order valence-electron chi connectivity index (χ2n) is 6.13. The fraction of sp³-hybridized carbons (Fsp3) is 1.00. The van der Waals surface area contributed by atoms with Crippen molar-refractivity contribution in [1.82, 2.24) is 14.9 Å². The van der Waals surface area contributed by atoms with Crippen LogP contribution in [0.5, 0.6) is 0 Å². The molecule has 116 valence electrons. The second-order valence-corrected chi connectivity index (χ2v) is 8.01. The van der Waals surface area contributed by atoms with Gasteiger partial charge in [0.2, 0.25) is 10.0 Å². The maximum atomic E-state index is 12.0. The highest BCUT2D eigenvalue weighted by Gasteiger charge is 2.19. The zero-order valence-corrected chi connectivity index (χ0v) is 14.0. The lowest BCUT2D eigenvalue weighted by Crippen LogP contribution is -2.44. The van der Waals surface area contributed by atoms with E-state index in [1.54, 1.807) is 0 Å². The Morgan fingerprint density at radius 3 is 2.11 bits per heavy atom. The predicted octanol–water partition coefficient (Wildman–Crippen LogP) is 0.880. The Bertz CT molecular complexity index is 317. The normalized spacial score (nSPS) is 14.6. The third kappa shape index (κ3) is 11.4. The van der Waals surface area contributed by atoms with Crippen molar-refractivity contribution < 1.29 is 8.42 Å². The topological polar surface area (TPSA) is 61.4 Å². The Kier molecular flexibility index (Phi) is 8.81. The van der Waals surface area contributed by atoms with Crippen molar-refractivity contribution in [3.05, 3.63) is 0 Å². The lowest BCUT2D eigenvalue weighted by Gasteiger charge is -2.24. The van der Waals surface area contributed by atoms with E-state index in [4.69, 9.17) is 0 Å². The van der Waals surface area contributed by atoms with E-state index >= 15 is 0 Å². The van der Waals surface area contributed by atoms with Gasteiger partial charge >= 0.3 is 0 Å². The molecule has 0 radical (unpaired) electrons. The number of rotatable bonds is 10. The van der Waals surface area contributed by atoms with E-state index in [9.17, 15) is 8.42 Å². The Balaban J connectivity index is 4.37. The summed E-state index contributed by atoms with van der Waals surface area (Å²) in [7, 11) is 0.714. The van der Waals surface area contributed by atoms with Gasteiger partial charge in [-0.15, -0.1) is 0 Å². The molecule has 5 nitrogen and oxygen atoms in total. The van der Waals surface area contributed by atoms with Crippen LogP contribution in [0, 0.1) is 5.92 Å². The standard InChI is InChI=1S/C13H31N3O2S/c1-11(2)9-13(10-16(5)6)15-19(17,18)8-7-14-12(3)4/h11-15H,7-10H2,1-6H3. The summed E-state index contributed by atoms with van der Waals surface area (Å²) < 4.78 is 26.9. The van der Waals surface area contributed by atoms with Crippen LogP contribution in [0.15, 0.2) is 0 Å². The number of nitrogens with zero attached hydrogens (tertiary/aromatic N) is 1. The molecule has 0 saturated carbocycles. The van der Waals surface area contributed by atoms with E-state index in [2.05, 4.69) is 23.9 Å². The summed E-state index contributed by atoms with van der Waals surface area (Å²) in [5.41, 5.74) is 0. The molecule has 19 heavy (non-hydrogen) atoms. The molecule has 1 atom stereocenters. The van der Waals surface area contributed by atoms with E-state index in [-0.39, 0.29) is 11.8 Å². The Hall–Kier alpha value is -0.170. The molecule has 0 aromatic heterocycles. The highest BCUT2D eigenvalue weighted by Crippen LogP contribution is 2.07. The maximum Gasteiger partial charge on any atom is 0.213 e. The Morgan fingerprint density at radius 1 is 1.11 bits per heavy atom. The fourth-order valence-electron chi connectivity index (χ4n) is 1.96. The van der Waals surface area contributed by atoms with Crippen LogP contribution in [0.3, 0.4) is 0 Å². The average Bonchev–Trinajstić information content (AvgIpc) is 2.12. The van der Waals surface area contributed by atoms with E-state index in [0.717, 1.165) is 13.0 Å². The summed E-state index contributed by atoms with van der Waals surface area (Å²) in [5, 5.41) is 3.13.